The lowest BCUT2D eigenvalue weighted by molar-refractivity contribution is -0.115. The third-order valence-electron chi connectivity index (χ3n) is 4.15. The Bertz CT molecular complexity index is 1090. The van der Waals surface area contributed by atoms with Gasteiger partial charge in [-0.15, -0.1) is 11.3 Å². The van der Waals surface area contributed by atoms with Crippen molar-refractivity contribution in [1.29, 1.82) is 5.26 Å². The molecule has 2 heterocycles. The first-order chi connectivity index (χ1) is 13.9. The summed E-state index contributed by atoms with van der Waals surface area (Å²) in [5, 5.41) is 11.7. The smallest absolute Gasteiger partial charge is 0.230 e. The van der Waals surface area contributed by atoms with Crippen LogP contribution in [0.4, 0.5) is 10.8 Å². The largest absolute Gasteiger partial charge is 0.495 e. The van der Waals surface area contributed by atoms with E-state index in [4.69, 9.17) is 9.47 Å². The zero-order valence-corrected chi connectivity index (χ0v) is 17.4. The summed E-state index contributed by atoms with van der Waals surface area (Å²) in [6.45, 7) is 5.27. The van der Waals surface area contributed by atoms with Crippen molar-refractivity contribution in [3.05, 3.63) is 58.4 Å². The van der Waals surface area contributed by atoms with Gasteiger partial charge in [0.15, 0.2) is 5.13 Å². The molecule has 0 saturated heterocycles. The maximum absolute atomic E-state index is 12.3. The summed E-state index contributed by atoms with van der Waals surface area (Å²) in [4.78, 5) is 22.7. The van der Waals surface area contributed by atoms with Crippen molar-refractivity contribution < 1.29 is 14.3 Å². The van der Waals surface area contributed by atoms with Gasteiger partial charge in [0.05, 0.1) is 24.2 Å². The number of hydrogen-bond donors (Lipinski definition) is 0. The van der Waals surface area contributed by atoms with E-state index in [0.29, 0.717) is 39.3 Å². The summed E-state index contributed by atoms with van der Waals surface area (Å²) < 4.78 is 11.2. The van der Waals surface area contributed by atoms with E-state index in [-0.39, 0.29) is 12.5 Å². The SMILES string of the molecule is COc1ccccc1N(C(C)=O)c1nc(COc2cc(C)nc(C)c2C#N)cs1. The summed E-state index contributed by atoms with van der Waals surface area (Å²) in [5.74, 6) is 0.876. The highest BCUT2D eigenvalue weighted by Gasteiger charge is 2.21. The van der Waals surface area contributed by atoms with Crippen LogP contribution in [0.5, 0.6) is 11.5 Å². The number of nitrogens with zero attached hydrogens (tertiary/aromatic N) is 4. The molecule has 29 heavy (non-hydrogen) atoms. The second kappa shape index (κ2) is 8.71. The fourth-order valence-corrected chi connectivity index (χ4v) is 3.75. The average Bonchev–Trinajstić information content (AvgIpc) is 3.14. The van der Waals surface area contributed by atoms with E-state index >= 15 is 0 Å². The van der Waals surface area contributed by atoms with Crippen molar-refractivity contribution in [3.63, 3.8) is 0 Å². The van der Waals surface area contributed by atoms with E-state index in [1.165, 1.54) is 23.2 Å². The van der Waals surface area contributed by atoms with Gasteiger partial charge in [-0.25, -0.2) is 4.98 Å². The number of amides is 1. The summed E-state index contributed by atoms with van der Waals surface area (Å²) in [6, 6.07) is 11.1. The summed E-state index contributed by atoms with van der Waals surface area (Å²) >= 11 is 1.33. The second-order valence-electron chi connectivity index (χ2n) is 6.27. The Hall–Kier alpha value is -3.44. The molecule has 0 aliphatic rings. The van der Waals surface area contributed by atoms with Crippen LogP contribution in [0.25, 0.3) is 0 Å². The fourth-order valence-electron chi connectivity index (χ4n) is 2.88. The summed E-state index contributed by atoms with van der Waals surface area (Å²) in [5.41, 5.74) is 3.08. The molecule has 3 rings (SSSR count). The Labute approximate surface area is 173 Å². The van der Waals surface area contributed by atoms with Crippen LogP contribution >= 0.6 is 11.3 Å². The van der Waals surface area contributed by atoms with Crippen molar-refractivity contribution in [2.24, 2.45) is 0 Å². The fraction of sp³-hybridized carbons (Fsp3) is 0.238. The van der Waals surface area contributed by atoms with Crippen LogP contribution in [0.3, 0.4) is 0 Å². The normalized spacial score (nSPS) is 10.3. The summed E-state index contributed by atoms with van der Waals surface area (Å²) in [6.07, 6.45) is 0. The molecule has 0 saturated carbocycles. The molecule has 7 nitrogen and oxygen atoms in total. The lowest BCUT2D eigenvalue weighted by Crippen LogP contribution is -2.23. The Morgan fingerprint density at radius 1 is 1.24 bits per heavy atom. The number of pyridine rings is 1. The first-order valence-electron chi connectivity index (χ1n) is 8.83. The van der Waals surface area contributed by atoms with Crippen LogP contribution in [-0.2, 0) is 11.4 Å². The van der Waals surface area contributed by atoms with Crippen LogP contribution in [0.2, 0.25) is 0 Å². The standard InChI is InChI=1S/C21H20N4O3S/c1-13-9-20(17(10-22)14(2)23-13)28-11-16-12-29-21(24-16)25(15(3)26)18-7-5-6-8-19(18)27-4/h5-9,12H,11H2,1-4H3. The molecule has 0 spiro atoms. The minimum absolute atomic E-state index is 0.172. The van der Waals surface area contributed by atoms with Gasteiger partial charge in [0.25, 0.3) is 0 Å². The average molecular weight is 408 g/mol. The number of hydrogen-bond acceptors (Lipinski definition) is 7. The molecule has 0 atom stereocenters. The van der Waals surface area contributed by atoms with Crippen LogP contribution in [0.15, 0.2) is 35.7 Å². The minimum atomic E-state index is -0.177. The minimum Gasteiger partial charge on any atom is -0.495 e. The van der Waals surface area contributed by atoms with Gasteiger partial charge in [0, 0.05) is 24.1 Å². The molecule has 1 amide bonds. The van der Waals surface area contributed by atoms with Gasteiger partial charge in [-0.2, -0.15) is 5.26 Å². The second-order valence-corrected chi connectivity index (χ2v) is 7.11. The maximum atomic E-state index is 12.3. The van der Waals surface area contributed by atoms with Crippen LogP contribution in [-0.4, -0.2) is 23.0 Å². The van der Waals surface area contributed by atoms with Crippen LogP contribution in [0, 0.1) is 25.2 Å². The number of aryl methyl sites for hydroxylation is 2. The van der Waals surface area contributed by atoms with Crippen molar-refractivity contribution >= 4 is 28.1 Å². The number of benzene rings is 1. The number of thiazole rings is 1. The molecule has 0 aliphatic heterocycles. The van der Waals surface area contributed by atoms with E-state index in [1.807, 2.05) is 24.4 Å². The number of methoxy groups -OCH3 is 1. The van der Waals surface area contributed by atoms with Gasteiger partial charge in [0.2, 0.25) is 5.91 Å². The lowest BCUT2D eigenvalue weighted by atomic mass is 10.2. The quantitative estimate of drug-likeness (QED) is 0.604. The Morgan fingerprint density at radius 2 is 2.00 bits per heavy atom. The summed E-state index contributed by atoms with van der Waals surface area (Å²) in [7, 11) is 1.56. The van der Waals surface area contributed by atoms with Gasteiger partial charge < -0.3 is 9.47 Å². The number of rotatable bonds is 6. The zero-order chi connectivity index (χ0) is 21.0. The molecule has 0 fully saturated rings. The molecule has 0 aliphatic carbocycles. The molecule has 1 aromatic carbocycles. The van der Waals surface area contributed by atoms with E-state index in [0.717, 1.165) is 5.69 Å². The highest BCUT2D eigenvalue weighted by Crippen LogP contribution is 2.35. The van der Waals surface area contributed by atoms with Gasteiger partial charge in [0.1, 0.15) is 29.7 Å². The predicted octanol–water partition coefficient (Wildman–Crippen LogP) is 4.30. The van der Waals surface area contributed by atoms with Crippen molar-refractivity contribution in [1.82, 2.24) is 9.97 Å². The third-order valence-corrected chi connectivity index (χ3v) is 5.03. The number of ether oxygens (including phenoxy) is 2. The Kier molecular flexibility index (Phi) is 6.10. The van der Waals surface area contributed by atoms with E-state index < -0.39 is 0 Å². The molecule has 0 radical (unpaired) electrons. The van der Waals surface area contributed by atoms with E-state index in [9.17, 15) is 10.1 Å². The van der Waals surface area contributed by atoms with Gasteiger partial charge in [-0.3, -0.25) is 14.7 Å². The molecule has 3 aromatic rings. The third kappa shape index (κ3) is 4.36. The molecule has 2 aromatic heterocycles. The number of anilines is 2. The van der Waals surface area contributed by atoms with E-state index in [1.54, 1.807) is 32.2 Å². The molecule has 0 unspecified atom stereocenters. The Balaban J connectivity index is 1.85. The molecule has 0 N–H and O–H groups in total. The van der Waals surface area contributed by atoms with Gasteiger partial charge >= 0.3 is 0 Å². The number of carbonyl (C=O) groups is 1. The number of aromatic nitrogens is 2. The maximum Gasteiger partial charge on any atom is 0.230 e. The molecule has 8 heteroatoms. The van der Waals surface area contributed by atoms with Gasteiger partial charge in [-0.05, 0) is 26.0 Å². The molecular formula is C21H20N4O3S. The van der Waals surface area contributed by atoms with Crippen molar-refractivity contribution in [2.45, 2.75) is 27.4 Å². The Morgan fingerprint density at radius 3 is 2.69 bits per heavy atom. The van der Waals surface area contributed by atoms with Crippen molar-refractivity contribution in [3.8, 4) is 17.6 Å². The first kappa shape index (κ1) is 20.3. The number of nitriles is 1. The van der Waals surface area contributed by atoms with E-state index in [2.05, 4.69) is 16.0 Å². The van der Waals surface area contributed by atoms with Crippen molar-refractivity contribution in [2.75, 3.05) is 12.0 Å². The molecular weight excluding hydrogens is 388 g/mol. The highest BCUT2D eigenvalue weighted by atomic mass is 32.1. The topological polar surface area (TPSA) is 88.3 Å². The highest BCUT2D eigenvalue weighted by molar-refractivity contribution is 7.14. The zero-order valence-electron chi connectivity index (χ0n) is 16.6. The number of carbonyl (C=O) groups excluding carboxylic acids is 1. The predicted molar refractivity (Wildman–Crippen MR) is 111 cm³/mol. The molecule has 148 valence electrons. The van der Waals surface area contributed by atoms with Crippen LogP contribution < -0.4 is 14.4 Å². The monoisotopic (exact) mass is 408 g/mol. The molecule has 0 bridgehead atoms. The number of para-hydroxylation sites is 2. The first-order valence-corrected chi connectivity index (χ1v) is 9.71. The van der Waals surface area contributed by atoms with Crippen LogP contribution in [0.1, 0.15) is 29.6 Å². The van der Waals surface area contributed by atoms with Gasteiger partial charge in [-0.1, -0.05) is 12.1 Å². The lowest BCUT2D eigenvalue weighted by Gasteiger charge is -2.20.